The van der Waals surface area contributed by atoms with Crippen molar-refractivity contribution in [1.29, 1.82) is 5.26 Å². The van der Waals surface area contributed by atoms with Crippen molar-refractivity contribution < 1.29 is 9.47 Å². The maximum absolute atomic E-state index is 9.46. The number of halogens is 1. The molecule has 0 aliphatic heterocycles. The number of benzene rings is 2. The molecule has 0 saturated heterocycles. The highest BCUT2D eigenvalue weighted by Gasteiger charge is 2.12. The van der Waals surface area contributed by atoms with Gasteiger partial charge in [-0.15, -0.1) is 0 Å². The molecule has 0 amide bonds. The first kappa shape index (κ1) is 15.9. The highest BCUT2D eigenvalue weighted by Crippen LogP contribution is 2.34. The van der Waals surface area contributed by atoms with Crippen molar-refractivity contribution >= 4 is 23.3 Å². The van der Waals surface area contributed by atoms with Crippen molar-refractivity contribution in [1.82, 2.24) is 0 Å². The smallest absolute Gasteiger partial charge is 0.132 e. The molecule has 0 bridgehead atoms. The lowest BCUT2D eigenvalue weighted by atomic mass is 10.0. The molecule has 0 heterocycles. The summed E-state index contributed by atoms with van der Waals surface area (Å²) in [6.07, 6.45) is 1.77. The third-order valence-electron chi connectivity index (χ3n) is 3.40. The van der Waals surface area contributed by atoms with Gasteiger partial charge in [0.25, 0.3) is 0 Å². The zero-order chi connectivity index (χ0) is 16.1. The molecule has 0 N–H and O–H groups in total. The van der Waals surface area contributed by atoms with Gasteiger partial charge in [-0.05, 0) is 31.2 Å². The van der Waals surface area contributed by atoms with Crippen LogP contribution < -0.4 is 9.47 Å². The molecule has 2 aromatic rings. The molecule has 0 aromatic heterocycles. The van der Waals surface area contributed by atoms with Crippen LogP contribution in [0.2, 0.25) is 5.02 Å². The number of nitriles is 1. The van der Waals surface area contributed by atoms with Crippen molar-refractivity contribution in [2.75, 3.05) is 14.2 Å². The van der Waals surface area contributed by atoms with E-state index in [0.29, 0.717) is 21.9 Å². The molecule has 4 heteroatoms. The fourth-order valence-electron chi connectivity index (χ4n) is 2.31. The first-order valence-corrected chi connectivity index (χ1v) is 7.08. The van der Waals surface area contributed by atoms with Gasteiger partial charge in [-0.25, -0.2) is 0 Å². The number of ether oxygens (including phenoxy) is 2. The Morgan fingerprint density at radius 1 is 1.14 bits per heavy atom. The largest absolute Gasteiger partial charge is 0.496 e. The average Bonchev–Trinajstić information content (AvgIpc) is 2.53. The van der Waals surface area contributed by atoms with E-state index in [0.717, 1.165) is 16.9 Å². The molecule has 0 unspecified atom stereocenters. The molecule has 3 nitrogen and oxygen atoms in total. The molecular weight excluding hydrogens is 298 g/mol. The van der Waals surface area contributed by atoms with E-state index in [-0.39, 0.29) is 0 Å². The molecule has 0 aliphatic carbocycles. The number of hydrogen-bond acceptors (Lipinski definition) is 3. The van der Waals surface area contributed by atoms with Gasteiger partial charge in [-0.3, -0.25) is 0 Å². The van der Waals surface area contributed by atoms with Crippen LogP contribution in [0.5, 0.6) is 11.5 Å². The highest BCUT2D eigenvalue weighted by atomic mass is 35.5. The number of rotatable bonds is 4. The van der Waals surface area contributed by atoms with Crippen molar-refractivity contribution in [3.63, 3.8) is 0 Å². The summed E-state index contributed by atoms with van der Waals surface area (Å²) < 4.78 is 10.8. The molecule has 112 valence electrons. The van der Waals surface area contributed by atoms with Crippen LogP contribution in [0.25, 0.3) is 11.6 Å². The monoisotopic (exact) mass is 313 g/mol. The van der Waals surface area contributed by atoms with Crippen LogP contribution in [-0.4, -0.2) is 14.2 Å². The zero-order valence-corrected chi connectivity index (χ0v) is 13.4. The van der Waals surface area contributed by atoms with Gasteiger partial charge in [0.1, 0.15) is 11.5 Å². The van der Waals surface area contributed by atoms with Gasteiger partial charge in [-0.1, -0.05) is 29.8 Å². The minimum atomic E-state index is 0.480. The van der Waals surface area contributed by atoms with Gasteiger partial charge in [-0.2, -0.15) is 5.26 Å². The Morgan fingerprint density at radius 2 is 1.86 bits per heavy atom. The van der Waals surface area contributed by atoms with Gasteiger partial charge in [0, 0.05) is 21.7 Å². The van der Waals surface area contributed by atoms with Gasteiger partial charge < -0.3 is 9.47 Å². The fraction of sp³-hybridized carbons (Fsp3) is 0.167. The van der Waals surface area contributed by atoms with Crippen LogP contribution in [0.15, 0.2) is 36.4 Å². The maximum atomic E-state index is 9.46. The van der Waals surface area contributed by atoms with E-state index in [9.17, 15) is 5.26 Å². The van der Waals surface area contributed by atoms with E-state index in [4.69, 9.17) is 21.1 Å². The van der Waals surface area contributed by atoms with Crippen molar-refractivity contribution in [3.8, 4) is 17.6 Å². The van der Waals surface area contributed by atoms with Crippen LogP contribution in [0.3, 0.4) is 0 Å². The van der Waals surface area contributed by atoms with Crippen LogP contribution in [0, 0.1) is 18.3 Å². The van der Waals surface area contributed by atoms with Gasteiger partial charge in [0.2, 0.25) is 0 Å². The summed E-state index contributed by atoms with van der Waals surface area (Å²) in [6.45, 7) is 1.91. The SMILES string of the molecule is COc1ccc(C=C(C#N)c2ccccc2Cl)c(OC)c1C. The van der Waals surface area contributed by atoms with Crippen molar-refractivity contribution in [2.45, 2.75) is 6.92 Å². The summed E-state index contributed by atoms with van der Waals surface area (Å²) in [4.78, 5) is 0. The van der Waals surface area contributed by atoms with Gasteiger partial charge in [0.15, 0.2) is 0 Å². The summed E-state index contributed by atoms with van der Waals surface area (Å²) in [6, 6.07) is 13.2. The Kier molecular flexibility index (Phi) is 5.08. The molecule has 2 rings (SSSR count). The van der Waals surface area contributed by atoms with E-state index >= 15 is 0 Å². The van der Waals surface area contributed by atoms with Gasteiger partial charge >= 0.3 is 0 Å². The first-order valence-electron chi connectivity index (χ1n) is 6.70. The highest BCUT2D eigenvalue weighted by molar-refractivity contribution is 6.32. The molecule has 0 radical (unpaired) electrons. The second-order valence-corrected chi connectivity index (χ2v) is 5.07. The predicted molar refractivity (Wildman–Crippen MR) is 89.2 cm³/mol. The van der Waals surface area contributed by atoms with Crippen LogP contribution in [-0.2, 0) is 0 Å². The first-order chi connectivity index (χ1) is 10.6. The van der Waals surface area contributed by atoms with E-state index in [1.54, 1.807) is 26.4 Å². The molecule has 22 heavy (non-hydrogen) atoms. The molecule has 0 fully saturated rings. The Balaban J connectivity index is 2.59. The minimum Gasteiger partial charge on any atom is -0.496 e. The Labute approximate surface area is 135 Å². The Hall–Kier alpha value is -2.44. The summed E-state index contributed by atoms with van der Waals surface area (Å²) >= 11 is 6.17. The molecule has 0 aliphatic rings. The predicted octanol–water partition coefficient (Wildman–Crippen LogP) is 4.73. The number of nitrogens with zero attached hydrogens (tertiary/aromatic N) is 1. The average molecular weight is 314 g/mol. The van der Waals surface area contributed by atoms with Crippen molar-refractivity contribution in [2.24, 2.45) is 0 Å². The lowest BCUT2D eigenvalue weighted by Gasteiger charge is -2.13. The van der Waals surface area contributed by atoms with E-state index in [1.165, 1.54) is 0 Å². The molecular formula is C18H16ClNO2. The lowest BCUT2D eigenvalue weighted by molar-refractivity contribution is 0.388. The third-order valence-corrected chi connectivity index (χ3v) is 3.72. The van der Waals surface area contributed by atoms with Crippen LogP contribution in [0.1, 0.15) is 16.7 Å². The quantitative estimate of drug-likeness (QED) is 0.605. The summed E-state index contributed by atoms with van der Waals surface area (Å²) in [5, 5.41) is 10.00. The van der Waals surface area contributed by atoms with E-state index in [1.807, 2.05) is 37.3 Å². The van der Waals surface area contributed by atoms with Crippen LogP contribution in [0.4, 0.5) is 0 Å². The summed E-state index contributed by atoms with van der Waals surface area (Å²) in [7, 11) is 3.21. The van der Waals surface area contributed by atoms with E-state index < -0.39 is 0 Å². The third kappa shape index (κ3) is 3.08. The van der Waals surface area contributed by atoms with Crippen molar-refractivity contribution in [3.05, 3.63) is 58.1 Å². The van der Waals surface area contributed by atoms with Crippen LogP contribution >= 0.6 is 11.6 Å². The topological polar surface area (TPSA) is 42.2 Å². The lowest BCUT2D eigenvalue weighted by Crippen LogP contribution is -1.95. The summed E-state index contributed by atoms with van der Waals surface area (Å²) in [5.74, 6) is 1.42. The minimum absolute atomic E-state index is 0.480. The Bertz CT molecular complexity index is 760. The second-order valence-electron chi connectivity index (χ2n) is 4.66. The number of allylic oxidation sites excluding steroid dienone is 1. The zero-order valence-electron chi connectivity index (χ0n) is 12.7. The Morgan fingerprint density at radius 3 is 2.45 bits per heavy atom. The maximum Gasteiger partial charge on any atom is 0.132 e. The second kappa shape index (κ2) is 7.02. The molecule has 0 spiro atoms. The fourth-order valence-corrected chi connectivity index (χ4v) is 2.54. The normalized spacial score (nSPS) is 11.0. The standard InChI is InChI=1S/C18H16ClNO2/c1-12-17(21-2)9-8-13(18(12)22-3)10-14(11-20)15-6-4-5-7-16(15)19/h4-10H,1-3H3. The van der Waals surface area contributed by atoms with E-state index in [2.05, 4.69) is 6.07 Å². The molecule has 0 saturated carbocycles. The van der Waals surface area contributed by atoms with Gasteiger partial charge in [0.05, 0.1) is 25.9 Å². The summed E-state index contributed by atoms with van der Waals surface area (Å²) in [5.41, 5.74) is 2.86. The number of methoxy groups -OCH3 is 2. The molecule has 0 atom stereocenters. The number of hydrogen-bond donors (Lipinski definition) is 0. The molecule has 2 aromatic carbocycles.